The van der Waals surface area contributed by atoms with Crippen LogP contribution in [-0.2, 0) is 17.9 Å². The lowest BCUT2D eigenvalue weighted by Gasteiger charge is -2.21. The topological polar surface area (TPSA) is 48.4 Å². The summed E-state index contributed by atoms with van der Waals surface area (Å²) in [5.41, 5.74) is 5.47. The average molecular weight is 209 g/mol. The summed E-state index contributed by atoms with van der Waals surface area (Å²) >= 11 is 0. The minimum absolute atomic E-state index is 0.435. The maximum absolute atomic E-state index is 5.79. The third-order valence-corrected chi connectivity index (χ3v) is 2.93. The Kier molecular flexibility index (Phi) is 3.80. The second-order valence-electron chi connectivity index (χ2n) is 4.14. The van der Waals surface area contributed by atoms with Gasteiger partial charge in [0.05, 0.1) is 12.6 Å². The van der Waals surface area contributed by atoms with Crippen LogP contribution >= 0.6 is 0 Å². The van der Waals surface area contributed by atoms with Crippen LogP contribution in [0.1, 0.15) is 43.6 Å². The van der Waals surface area contributed by atoms with Crippen LogP contribution < -0.4 is 5.73 Å². The van der Waals surface area contributed by atoms with Gasteiger partial charge < -0.3 is 14.9 Å². The van der Waals surface area contributed by atoms with E-state index in [9.17, 15) is 0 Å². The van der Waals surface area contributed by atoms with Crippen LogP contribution in [0.4, 0.5) is 0 Å². The lowest BCUT2D eigenvalue weighted by atomic mass is 9.98. The van der Waals surface area contributed by atoms with Gasteiger partial charge in [-0.2, -0.15) is 0 Å². The van der Waals surface area contributed by atoms with Crippen LogP contribution in [0.15, 0.2) is 16.5 Å². The van der Waals surface area contributed by atoms with Gasteiger partial charge in [-0.3, -0.25) is 0 Å². The fourth-order valence-corrected chi connectivity index (χ4v) is 2.04. The third-order valence-electron chi connectivity index (χ3n) is 2.93. The van der Waals surface area contributed by atoms with Gasteiger partial charge in [0, 0.05) is 0 Å². The van der Waals surface area contributed by atoms with E-state index >= 15 is 0 Å². The first-order chi connectivity index (χ1) is 7.38. The summed E-state index contributed by atoms with van der Waals surface area (Å²) in [7, 11) is 0. The van der Waals surface area contributed by atoms with E-state index in [1.165, 1.54) is 32.1 Å². The van der Waals surface area contributed by atoms with Gasteiger partial charge in [-0.25, -0.2) is 0 Å². The molecule has 0 aliphatic heterocycles. The average Bonchev–Trinajstić information content (AvgIpc) is 2.76. The Morgan fingerprint density at radius 1 is 1.20 bits per heavy atom. The maximum atomic E-state index is 5.79. The second-order valence-corrected chi connectivity index (χ2v) is 4.14. The van der Waals surface area contributed by atoms with Gasteiger partial charge in [-0.15, -0.1) is 0 Å². The largest absolute Gasteiger partial charge is 0.462 e. The predicted molar refractivity (Wildman–Crippen MR) is 58.3 cm³/mol. The molecule has 1 aromatic heterocycles. The summed E-state index contributed by atoms with van der Waals surface area (Å²) in [5, 5.41) is 0. The highest BCUT2D eigenvalue weighted by Gasteiger charge is 2.14. The Bertz CT molecular complexity index is 290. The molecule has 84 valence electrons. The zero-order valence-corrected chi connectivity index (χ0v) is 9.08. The van der Waals surface area contributed by atoms with E-state index in [1.54, 1.807) is 0 Å². The van der Waals surface area contributed by atoms with Crippen molar-refractivity contribution in [1.29, 1.82) is 0 Å². The van der Waals surface area contributed by atoms with Gasteiger partial charge in [-0.05, 0) is 25.0 Å². The Balaban J connectivity index is 1.76. The Morgan fingerprint density at radius 2 is 1.93 bits per heavy atom. The minimum atomic E-state index is 0.435. The van der Waals surface area contributed by atoms with Gasteiger partial charge >= 0.3 is 0 Å². The molecule has 0 aromatic carbocycles. The minimum Gasteiger partial charge on any atom is -0.462 e. The van der Waals surface area contributed by atoms with Crippen LogP contribution in [0.5, 0.6) is 0 Å². The van der Waals surface area contributed by atoms with Crippen molar-refractivity contribution in [1.82, 2.24) is 0 Å². The molecule has 3 nitrogen and oxygen atoms in total. The maximum Gasteiger partial charge on any atom is 0.129 e. The molecule has 2 rings (SSSR count). The van der Waals surface area contributed by atoms with Crippen molar-refractivity contribution < 1.29 is 9.15 Å². The number of nitrogens with two attached hydrogens (primary N) is 1. The normalized spacial score (nSPS) is 18.2. The Hall–Kier alpha value is -0.800. The molecular weight excluding hydrogens is 190 g/mol. The summed E-state index contributed by atoms with van der Waals surface area (Å²) in [5.74, 6) is 1.72. The first-order valence-corrected chi connectivity index (χ1v) is 5.78. The van der Waals surface area contributed by atoms with Crippen molar-refractivity contribution >= 4 is 0 Å². The van der Waals surface area contributed by atoms with Crippen LogP contribution in [-0.4, -0.2) is 6.10 Å². The molecule has 0 radical (unpaired) electrons. The predicted octanol–water partition coefficient (Wildman–Crippen LogP) is 2.59. The van der Waals surface area contributed by atoms with E-state index in [-0.39, 0.29) is 0 Å². The molecule has 3 heteroatoms. The van der Waals surface area contributed by atoms with Crippen LogP contribution in [0.25, 0.3) is 0 Å². The van der Waals surface area contributed by atoms with Crippen molar-refractivity contribution in [2.75, 3.05) is 0 Å². The second kappa shape index (κ2) is 5.33. The van der Waals surface area contributed by atoms with Crippen LogP contribution in [0.3, 0.4) is 0 Å². The lowest BCUT2D eigenvalue weighted by molar-refractivity contribution is 0.00840. The summed E-state index contributed by atoms with van der Waals surface area (Å²) in [4.78, 5) is 0. The summed E-state index contributed by atoms with van der Waals surface area (Å²) in [6.45, 7) is 1.05. The Labute approximate surface area is 90.6 Å². The number of rotatable bonds is 4. The van der Waals surface area contributed by atoms with Gasteiger partial charge in [0.15, 0.2) is 0 Å². The highest BCUT2D eigenvalue weighted by Crippen LogP contribution is 2.21. The van der Waals surface area contributed by atoms with E-state index in [1.807, 2.05) is 12.1 Å². The standard InChI is InChI=1S/C12H19NO2/c13-8-11-6-7-12(15-11)9-14-10-4-2-1-3-5-10/h6-7,10H,1-5,8-9,13H2. The molecule has 0 unspecified atom stereocenters. The van der Waals surface area contributed by atoms with E-state index in [0.29, 0.717) is 19.3 Å². The molecule has 1 aromatic rings. The molecule has 2 N–H and O–H groups in total. The zero-order chi connectivity index (χ0) is 10.5. The van der Waals surface area contributed by atoms with E-state index in [2.05, 4.69) is 0 Å². The van der Waals surface area contributed by atoms with Crippen LogP contribution in [0.2, 0.25) is 0 Å². The molecule has 1 aliphatic carbocycles. The number of furan rings is 1. The highest BCUT2D eigenvalue weighted by molar-refractivity contribution is 5.05. The van der Waals surface area contributed by atoms with E-state index < -0.39 is 0 Å². The molecule has 0 amide bonds. The highest BCUT2D eigenvalue weighted by atomic mass is 16.5. The number of hydrogen-bond acceptors (Lipinski definition) is 3. The van der Waals surface area contributed by atoms with Gasteiger partial charge in [-0.1, -0.05) is 19.3 Å². The quantitative estimate of drug-likeness (QED) is 0.829. The molecule has 0 atom stereocenters. The van der Waals surface area contributed by atoms with Gasteiger partial charge in [0.2, 0.25) is 0 Å². The van der Waals surface area contributed by atoms with Gasteiger partial charge in [0.25, 0.3) is 0 Å². The summed E-state index contributed by atoms with van der Waals surface area (Å²) in [6.07, 6.45) is 6.80. The van der Waals surface area contributed by atoms with Crippen molar-refractivity contribution in [2.45, 2.75) is 51.4 Å². The molecule has 1 fully saturated rings. The Morgan fingerprint density at radius 3 is 2.60 bits per heavy atom. The summed E-state index contributed by atoms with van der Waals surface area (Å²) < 4.78 is 11.3. The number of ether oxygens (including phenoxy) is 1. The molecule has 1 heterocycles. The first-order valence-electron chi connectivity index (χ1n) is 5.78. The fourth-order valence-electron chi connectivity index (χ4n) is 2.04. The molecule has 15 heavy (non-hydrogen) atoms. The molecule has 1 saturated carbocycles. The van der Waals surface area contributed by atoms with E-state index in [4.69, 9.17) is 14.9 Å². The molecule has 0 spiro atoms. The fraction of sp³-hybridized carbons (Fsp3) is 0.667. The van der Waals surface area contributed by atoms with Crippen molar-refractivity contribution in [2.24, 2.45) is 5.73 Å². The zero-order valence-electron chi connectivity index (χ0n) is 9.08. The van der Waals surface area contributed by atoms with Crippen LogP contribution in [0, 0.1) is 0 Å². The van der Waals surface area contributed by atoms with Crippen molar-refractivity contribution in [3.05, 3.63) is 23.7 Å². The van der Waals surface area contributed by atoms with E-state index in [0.717, 1.165) is 11.5 Å². The summed E-state index contributed by atoms with van der Waals surface area (Å²) in [6, 6.07) is 3.87. The SMILES string of the molecule is NCc1ccc(COC2CCCCC2)o1. The molecule has 0 bridgehead atoms. The molecule has 0 saturated heterocycles. The monoisotopic (exact) mass is 209 g/mol. The number of hydrogen-bond donors (Lipinski definition) is 1. The van der Waals surface area contributed by atoms with Gasteiger partial charge in [0.1, 0.15) is 18.1 Å². The first kappa shape index (κ1) is 10.7. The third kappa shape index (κ3) is 3.08. The van der Waals surface area contributed by atoms with Crippen molar-refractivity contribution in [3.63, 3.8) is 0 Å². The molecular formula is C12H19NO2. The lowest BCUT2D eigenvalue weighted by Crippen LogP contribution is -2.16. The smallest absolute Gasteiger partial charge is 0.129 e. The van der Waals surface area contributed by atoms with Crippen molar-refractivity contribution in [3.8, 4) is 0 Å². The molecule has 1 aliphatic rings.